The smallest absolute Gasteiger partial charge is 0.329 e. The highest BCUT2D eigenvalue weighted by Gasteiger charge is 2.28. The monoisotopic (exact) mass is 240 g/mol. The number of halogens is 3. The van der Waals surface area contributed by atoms with Crippen LogP contribution in [0.3, 0.4) is 0 Å². The summed E-state index contributed by atoms with van der Waals surface area (Å²) in [6.45, 7) is 2.46. The van der Waals surface area contributed by atoms with Crippen molar-refractivity contribution in [2.75, 3.05) is 12.3 Å². The number of aryl methyl sites for hydroxylation is 1. The largest absolute Gasteiger partial charge is 0.398 e. The number of hydrogen-bond acceptors (Lipinski definition) is 4. The molecule has 86 valence electrons. The van der Waals surface area contributed by atoms with Gasteiger partial charge in [0.1, 0.15) is 5.82 Å². The summed E-state index contributed by atoms with van der Waals surface area (Å²) < 4.78 is 37.5. The van der Waals surface area contributed by atoms with Gasteiger partial charge >= 0.3 is 6.18 Å². The summed E-state index contributed by atoms with van der Waals surface area (Å²) in [4.78, 5) is 0. The van der Waals surface area contributed by atoms with Gasteiger partial charge in [-0.1, -0.05) is 11.8 Å². The van der Waals surface area contributed by atoms with E-state index in [0.717, 1.165) is 0 Å². The molecule has 0 fully saturated rings. The number of thioether (sulfide) groups is 1. The molecule has 15 heavy (non-hydrogen) atoms. The van der Waals surface area contributed by atoms with Crippen LogP contribution in [0.4, 0.5) is 13.2 Å². The fourth-order valence-electron chi connectivity index (χ4n) is 1.00. The minimum absolute atomic E-state index is 0.260. The molecule has 2 N–H and O–H groups in total. The molecule has 4 nitrogen and oxygen atoms in total. The van der Waals surface area contributed by atoms with E-state index >= 15 is 0 Å². The van der Waals surface area contributed by atoms with Gasteiger partial charge in [0, 0.05) is 13.1 Å². The minimum atomic E-state index is -4.20. The van der Waals surface area contributed by atoms with E-state index in [1.165, 1.54) is 0 Å². The highest BCUT2D eigenvalue weighted by atomic mass is 32.2. The van der Waals surface area contributed by atoms with Crippen LogP contribution in [-0.2, 0) is 6.54 Å². The van der Waals surface area contributed by atoms with Gasteiger partial charge in [-0.15, -0.1) is 10.2 Å². The molecule has 0 saturated heterocycles. The summed E-state index contributed by atoms with van der Waals surface area (Å²) in [6.07, 6.45) is -4.20. The van der Waals surface area contributed by atoms with Crippen LogP contribution >= 0.6 is 11.8 Å². The lowest BCUT2D eigenvalue weighted by Crippen LogP contribution is -2.14. The van der Waals surface area contributed by atoms with E-state index in [4.69, 9.17) is 5.73 Å². The standard InChI is InChI=1S/C7H11F3N4S/c1-5-12-13-6(14(5)3-2-11)15-4-7(8,9)10/h2-4,11H2,1H3. The van der Waals surface area contributed by atoms with Crippen LogP contribution in [-0.4, -0.2) is 33.2 Å². The molecule has 0 bridgehead atoms. The van der Waals surface area contributed by atoms with Gasteiger partial charge in [-0.05, 0) is 6.92 Å². The first kappa shape index (κ1) is 12.3. The fraction of sp³-hybridized carbons (Fsp3) is 0.714. The highest BCUT2D eigenvalue weighted by Crippen LogP contribution is 2.26. The summed E-state index contributed by atoms with van der Waals surface area (Å²) in [7, 11) is 0. The summed E-state index contributed by atoms with van der Waals surface area (Å²) in [5.41, 5.74) is 5.33. The van der Waals surface area contributed by atoms with Gasteiger partial charge in [-0.3, -0.25) is 0 Å². The number of aromatic nitrogens is 3. The fourth-order valence-corrected chi connectivity index (χ4v) is 1.77. The first-order chi connectivity index (χ1) is 6.94. The Morgan fingerprint density at radius 2 is 2.07 bits per heavy atom. The summed E-state index contributed by atoms with van der Waals surface area (Å²) in [6, 6.07) is 0. The van der Waals surface area contributed by atoms with Crippen LogP contribution < -0.4 is 5.73 Å². The maximum Gasteiger partial charge on any atom is 0.398 e. The topological polar surface area (TPSA) is 56.7 Å². The molecular weight excluding hydrogens is 229 g/mol. The van der Waals surface area contributed by atoms with E-state index in [2.05, 4.69) is 10.2 Å². The average Bonchev–Trinajstić information content (AvgIpc) is 2.45. The molecule has 1 aromatic rings. The molecule has 0 atom stereocenters. The number of nitrogens with zero attached hydrogens (tertiary/aromatic N) is 3. The number of rotatable bonds is 4. The van der Waals surface area contributed by atoms with Crippen LogP contribution in [0.2, 0.25) is 0 Å². The van der Waals surface area contributed by atoms with Crippen LogP contribution in [0.1, 0.15) is 5.82 Å². The molecular formula is C7H11F3N4S. The Hall–Kier alpha value is -0.760. The molecule has 0 saturated carbocycles. The summed E-state index contributed by atoms with van der Waals surface area (Å²) >= 11 is 0.624. The number of alkyl halides is 3. The molecule has 0 radical (unpaired) electrons. The van der Waals surface area contributed by atoms with Crippen molar-refractivity contribution in [1.29, 1.82) is 0 Å². The highest BCUT2D eigenvalue weighted by molar-refractivity contribution is 7.99. The molecule has 0 unspecified atom stereocenters. The molecule has 1 rings (SSSR count). The van der Waals surface area contributed by atoms with Crippen LogP contribution in [0, 0.1) is 6.92 Å². The Kier molecular flexibility index (Phi) is 3.97. The zero-order valence-corrected chi connectivity index (χ0v) is 8.90. The maximum atomic E-state index is 12.0. The number of nitrogens with two attached hydrogens (primary N) is 1. The molecule has 0 aromatic carbocycles. The van der Waals surface area contributed by atoms with E-state index in [9.17, 15) is 13.2 Å². The van der Waals surface area contributed by atoms with Crippen molar-refractivity contribution in [3.05, 3.63) is 5.82 Å². The maximum absolute atomic E-state index is 12.0. The Morgan fingerprint density at radius 3 is 2.60 bits per heavy atom. The molecule has 0 aliphatic heterocycles. The average molecular weight is 240 g/mol. The molecule has 1 heterocycles. The lowest BCUT2D eigenvalue weighted by molar-refractivity contribution is -0.105. The second-order valence-electron chi connectivity index (χ2n) is 2.87. The van der Waals surface area contributed by atoms with Crippen LogP contribution in [0.5, 0.6) is 0 Å². The van der Waals surface area contributed by atoms with Gasteiger partial charge in [0.25, 0.3) is 0 Å². The van der Waals surface area contributed by atoms with Gasteiger partial charge in [0.2, 0.25) is 0 Å². The zero-order chi connectivity index (χ0) is 11.5. The molecule has 0 aliphatic rings. The van der Waals surface area contributed by atoms with Crippen molar-refractivity contribution in [2.45, 2.75) is 24.8 Å². The van der Waals surface area contributed by atoms with Crippen molar-refractivity contribution < 1.29 is 13.2 Å². The van der Waals surface area contributed by atoms with Gasteiger partial charge < -0.3 is 10.3 Å². The predicted molar refractivity (Wildman–Crippen MR) is 50.6 cm³/mol. The SMILES string of the molecule is Cc1nnc(SCC(F)(F)F)n1CCN. The third-order valence-corrected chi connectivity index (χ3v) is 2.65. The molecule has 8 heteroatoms. The first-order valence-corrected chi connectivity index (χ1v) is 5.22. The van der Waals surface area contributed by atoms with E-state index in [-0.39, 0.29) is 5.16 Å². The van der Waals surface area contributed by atoms with Crippen LogP contribution in [0.15, 0.2) is 5.16 Å². The van der Waals surface area contributed by atoms with Gasteiger partial charge in [0.05, 0.1) is 5.75 Å². The predicted octanol–water partition coefficient (Wildman–Crippen LogP) is 1.20. The van der Waals surface area contributed by atoms with Crippen molar-refractivity contribution in [2.24, 2.45) is 5.73 Å². The van der Waals surface area contributed by atoms with E-state index in [1.807, 2.05) is 0 Å². The van der Waals surface area contributed by atoms with E-state index < -0.39 is 11.9 Å². The summed E-state index contributed by atoms with van der Waals surface area (Å²) in [5.74, 6) is -0.388. The third kappa shape index (κ3) is 3.71. The third-order valence-electron chi connectivity index (χ3n) is 1.62. The van der Waals surface area contributed by atoms with Crippen molar-refractivity contribution >= 4 is 11.8 Å². The lowest BCUT2D eigenvalue weighted by atomic mass is 10.6. The Labute approximate surface area is 89.0 Å². The van der Waals surface area contributed by atoms with E-state index in [1.54, 1.807) is 11.5 Å². The summed E-state index contributed by atoms with van der Waals surface area (Å²) in [5, 5.41) is 7.62. The Bertz CT molecular complexity index is 323. The molecule has 0 amide bonds. The van der Waals surface area contributed by atoms with E-state index in [0.29, 0.717) is 30.7 Å². The molecule has 1 aromatic heterocycles. The second-order valence-corrected chi connectivity index (χ2v) is 3.82. The normalized spacial score (nSPS) is 12.1. The number of hydrogen-bond donors (Lipinski definition) is 1. The quantitative estimate of drug-likeness (QED) is 0.803. The van der Waals surface area contributed by atoms with Gasteiger partial charge in [-0.2, -0.15) is 13.2 Å². The zero-order valence-electron chi connectivity index (χ0n) is 8.08. The molecule has 0 spiro atoms. The molecule has 0 aliphatic carbocycles. The Morgan fingerprint density at radius 1 is 1.40 bits per heavy atom. The minimum Gasteiger partial charge on any atom is -0.329 e. The first-order valence-electron chi connectivity index (χ1n) is 4.23. The van der Waals surface area contributed by atoms with Crippen molar-refractivity contribution in [1.82, 2.24) is 14.8 Å². The van der Waals surface area contributed by atoms with Crippen LogP contribution in [0.25, 0.3) is 0 Å². The Balaban J connectivity index is 2.68. The lowest BCUT2D eigenvalue weighted by Gasteiger charge is -2.07. The van der Waals surface area contributed by atoms with Gasteiger partial charge in [-0.25, -0.2) is 0 Å². The van der Waals surface area contributed by atoms with Crippen molar-refractivity contribution in [3.8, 4) is 0 Å². The second kappa shape index (κ2) is 4.84. The van der Waals surface area contributed by atoms with Crippen molar-refractivity contribution in [3.63, 3.8) is 0 Å². The van der Waals surface area contributed by atoms with Gasteiger partial charge in [0.15, 0.2) is 5.16 Å².